The van der Waals surface area contributed by atoms with E-state index in [4.69, 9.17) is 0 Å². The predicted octanol–water partition coefficient (Wildman–Crippen LogP) is 3.51. The summed E-state index contributed by atoms with van der Waals surface area (Å²) in [6.45, 7) is 2.33. The lowest BCUT2D eigenvalue weighted by molar-refractivity contribution is 0.112. The Morgan fingerprint density at radius 2 is 2.06 bits per heavy atom. The summed E-state index contributed by atoms with van der Waals surface area (Å²) in [7, 11) is 2.12. The first-order valence-electron chi connectivity index (χ1n) is 6.49. The van der Waals surface area contributed by atoms with Crippen LogP contribution in [0.25, 0.3) is 0 Å². The van der Waals surface area contributed by atoms with Crippen LogP contribution in [0.2, 0.25) is 0 Å². The lowest BCUT2D eigenvalue weighted by atomic mass is 9.86. The van der Waals surface area contributed by atoms with E-state index in [1.165, 1.54) is 25.7 Å². The molecule has 1 aliphatic rings. The van der Waals surface area contributed by atoms with Gasteiger partial charge < -0.3 is 4.90 Å². The number of hydrogen-bond donors (Lipinski definition) is 0. The number of hydrogen-bond acceptors (Lipinski definition) is 2. The zero-order valence-electron chi connectivity index (χ0n) is 10.7. The highest BCUT2D eigenvalue weighted by molar-refractivity contribution is 5.84. The monoisotopic (exact) mass is 231 g/mol. The number of anilines is 1. The summed E-state index contributed by atoms with van der Waals surface area (Å²) in [5.41, 5.74) is 1.87. The molecule has 0 saturated heterocycles. The molecule has 0 spiro atoms. The summed E-state index contributed by atoms with van der Waals surface area (Å²) in [4.78, 5) is 13.3. The summed E-state index contributed by atoms with van der Waals surface area (Å²) in [6, 6.07) is 8.45. The van der Waals surface area contributed by atoms with Crippen molar-refractivity contribution in [1.29, 1.82) is 0 Å². The molecule has 0 aromatic heterocycles. The van der Waals surface area contributed by atoms with E-state index in [1.807, 2.05) is 24.3 Å². The fourth-order valence-corrected chi connectivity index (χ4v) is 2.86. The van der Waals surface area contributed by atoms with Crippen molar-refractivity contribution in [3.63, 3.8) is 0 Å². The first-order valence-corrected chi connectivity index (χ1v) is 6.49. The molecule has 2 heteroatoms. The smallest absolute Gasteiger partial charge is 0.152 e. The Labute approximate surface area is 104 Å². The van der Waals surface area contributed by atoms with Gasteiger partial charge in [0.05, 0.1) is 0 Å². The Morgan fingerprint density at radius 1 is 1.29 bits per heavy atom. The van der Waals surface area contributed by atoms with Gasteiger partial charge in [-0.25, -0.2) is 0 Å². The van der Waals surface area contributed by atoms with E-state index in [2.05, 4.69) is 18.9 Å². The van der Waals surface area contributed by atoms with Crippen molar-refractivity contribution in [3.05, 3.63) is 29.8 Å². The molecular weight excluding hydrogens is 210 g/mol. The van der Waals surface area contributed by atoms with E-state index < -0.39 is 0 Å². The number of carbonyl (C=O) groups excluding carboxylic acids is 1. The topological polar surface area (TPSA) is 20.3 Å². The zero-order chi connectivity index (χ0) is 12.3. The summed E-state index contributed by atoms with van der Waals surface area (Å²) < 4.78 is 0. The van der Waals surface area contributed by atoms with Gasteiger partial charge in [-0.3, -0.25) is 4.79 Å². The second-order valence-electron chi connectivity index (χ2n) is 5.21. The molecule has 1 saturated carbocycles. The van der Waals surface area contributed by atoms with Gasteiger partial charge in [-0.05, 0) is 30.9 Å². The maximum absolute atomic E-state index is 11.1. The molecule has 92 valence electrons. The van der Waals surface area contributed by atoms with Crippen LogP contribution in [-0.2, 0) is 0 Å². The van der Waals surface area contributed by atoms with Crippen LogP contribution in [0, 0.1) is 5.92 Å². The van der Waals surface area contributed by atoms with Crippen molar-refractivity contribution in [2.24, 2.45) is 5.92 Å². The lowest BCUT2D eigenvalue weighted by Crippen LogP contribution is -2.36. The summed E-state index contributed by atoms with van der Waals surface area (Å²) in [5.74, 6) is 0.805. The highest BCUT2D eigenvalue weighted by Crippen LogP contribution is 2.30. The van der Waals surface area contributed by atoms with Crippen LogP contribution < -0.4 is 4.90 Å². The maximum Gasteiger partial charge on any atom is 0.152 e. The van der Waals surface area contributed by atoms with Crippen molar-refractivity contribution in [2.45, 2.75) is 38.6 Å². The molecule has 2 rings (SSSR count). The average molecular weight is 231 g/mol. The molecule has 1 aromatic rings. The van der Waals surface area contributed by atoms with E-state index in [9.17, 15) is 4.79 Å². The Kier molecular flexibility index (Phi) is 3.82. The van der Waals surface area contributed by atoms with Gasteiger partial charge in [0.2, 0.25) is 0 Å². The Hall–Kier alpha value is -1.31. The van der Waals surface area contributed by atoms with Crippen LogP contribution in [0.1, 0.15) is 43.0 Å². The minimum absolute atomic E-state index is 0.583. The number of carbonyl (C=O) groups is 1. The van der Waals surface area contributed by atoms with Crippen LogP contribution in [-0.4, -0.2) is 19.4 Å². The van der Waals surface area contributed by atoms with E-state index in [0.29, 0.717) is 6.04 Å². The van der Waals surface area contributed by atoms with E-state index in [-0.39, 0.29) is 0 Å². The van der Waals surface area contributed by atoms with Gasteiger partial charge in [-0.2, -0.15) is 0 Å². The van der Waals surface area contributed by atoms with Gasteiger partial charge in [0.15, 0.2) is 6.29 Å². The van der Waals surface area contributed by atoms with Gasteiger partial charge in [0.25, 0.3) is 0 Å². The van der Waals surface area contributed by atoms with Crippen molar-refractivity contribution in [1.82, 2.24) is 0 Å². The largest absolute Gasteiger partial charge is 0.371 e. The molecule has 0 heterocycles. The van der Waals surface area contributed by atoms with Crippen LogP contribution in [0.3, 0.4) is 0 Å². The fourth-order valence-electron chi connectivity index (χ4n) is 2.86. The van der Waals surface area contributed by atoms with Gasteiger partial charge >= 0.3 is 0 Å². The van der Waals surface area contributed by atoms with Crippen molar-refractivity contribution in [2.75, 3.05) is 11.9 Å². The standard InChI is InChI=1S/C15H21NO/c1-12-6-5-8-14(10-12)16(2)15-9-4-3-7-13(15)11-17/h3-4,7,9,11-12,14H,5-6,8,10H2,1-2H3. The van der Waals surface area contributed by atoms with Gasteiger partial charge in [-0.15, -0.1) is 0 Å². The second kappa shape index (κ2) is 5.35. The highest BCUT2D eigenvalue weighted by Gasteiger charge is 2.23. The number of benzene rings is 1. The van der Waals surface area contributed by atoms with Crippen LogP contribution in [0.5, 0.6) is 0 Å². The Bertz CT molecular complexity index is 388. The number of aldehydes is 1. The quantitative estimate of drug-likeness (QED) is 0.742. The van der Waals surface area contributed by atoms with E-state index >= 15 is 0 Å². The average Bonchev–Trinajstić information content (AvgIpc) is 2.38. The van der Waals surface area contributed by atoms with Gasteiger partial charge in [0, 0.05) is 24.3 Å². The molecule has 2 unspecified atom stereocenters. The minimum atomic E-state index is 0.583. The molecule has 17 heavy (non-hydrogen) atoms. The summed E-state index contributed by atoms with van der Waals surface area (Å²) in [5, 5.41) is 0. The SMILES string of the molecule is CC1CCCC(N(C)c2ccccc2C=O)C1. The molecule has 0 bridgehead atoms. The molecule has 1 aliphatic carbocycles. The van der Waals surface area contributed by atoms with Crippen LogP contribution in [0.4, 0.5) is 5.69 Å². The summed E-state index contributed by atoms with van der Waals surface area (Å²) >= 11 is 0. The Morgan fingerprint density at radius 3 is 2.76 bits per heavy atom. The molecule has 0 radical (unpaired) electrons. The first kappa shape index (κ1) is 12.2. The summed E-state index contributed by atoms with van der Waals surface area (Å²) in [6.07, 6.45) is 6.09. The van der Waals surface area contributed by atoms with Gasteiger partial charge in [0.1, 0.15) is 0 Å². The first-order chi connectivity index (χ1) is 8.22. The van der Waals surface area contributed by atoms with Gasteiger partial charge in [-0.1, -0.05) is 31.9 Å². The maximum atomic E-state index is 11.1. The Balaban J connectivity index is 2.18. The highest BCUT2D eigenvalue weighted by atomic mass is 16.1. The van der Waals surface area contributed by atoms with Crippen molar-refractivity contribution < 1.29 is 4.79 Å². The number of nitrogens with zero attached hydrogens (tertiary/aromatic N) is 1. The lowest BCUT2D eigenvalue weighted by Gasteiger charge is -2.36. The zero-order valence-corrected chi connectivity index (χ0v) is 10.7. The molecule has 0 amide bonds. The molecule has 2 nitrogen and oxygen atoms in total. The molecule has 1 aromatic carbocycles. The second-order valence-corrected chi connectivity index (χ2v) is 5.21. The number of para-hydroxylation sites is 1. The molecule has 0 aliphatic heterocycles. The molecule has 0 N–H and O–H groups in total. The molecular formula is C15H21NO. The third-order valence-electron chi connectivity index (χ3n) is 3.90. The van der Waals surface area contributed by atoms with Crippen LogP contribution in [0.15, 0.2) is 24.3 Å². The fraction of sp³-hybridized carbons (Fsp3) is 0.533. The van der Waals surface area contributed by atoms with E-state index in [1.54, 1.807) is 0 Å². The third-order valence-corrected chi connectivity index (χ3v) is 3.90. The molecule has 1 fully saturated rings. The van der Waals surface area contributed by atoms with E-state index in [0.717, 1.165) is 23.5 Å². The minimum Gasteiger partial charge on any atom is -0.371 e. The van der Waals surface area contributed by atoms with Crippen molar-refractivity contribution >= 4 is 12.0 Å². The molecule has 2 atom stereocenters. The van der Waals surface area contributed by atoms with Crippen molar-refractivity contribution in [3.8, 4) is 0 Å². The number of rotatable bonds is 3. The normalized spacial score (nSPS) is 24.4. The predicted molar refractivity (Wildman–Crippen MR) is 71.7 cm³/mol. The third kappa shape index (κ3) is 2.68. The van der Waals surface area contributed by atoms with Crippen LogP contribution >= 0.6 is 0 Å².